The Morgan fingerprint density at radius 1 is 1.62 bits per heavy atom. The summed E-state index contributed by atoms with van der Waals surface area (Å²) in [7, 11) is 1.87. The van der Waals surface area contributed by atoms with Gasteiger partial charge in [-0.25, -0.2) is 0 Å². The zero-order valence-corrected chi connectivity index (χ0v) is 8.62. The fourth-order valence-corrected chi connectivity index (χ4v) is 1.55. The van der Waals surface area contributed by atoms with Crippen LogP contribution in [0.3, 0.4) is 0 Å². The Labute approximate surface area is 79.1 Å². The molecule has 1 unspecified atom stereocenters. The summed E-state index contributed by atoms with van der Waals surface area (Å²) in [4.78, 5) is 0. The van der Waals surface area contributed by atoms with Crippen LogP contribution in [0.25, 0.3) is 0 Å². The number of hydrogen-bond acceptors (Lipinski definition) is 3. The Kier molecular flexibility index (Phi) is 3.03. The highest BCUT2D eigenvalue weighted by atomic mass is 15.4. The summed E-state index contributed by atoms with van der Waals surface area (Å²) < 4.78 is 1.71. The second kappa shape index (κ2) is 3.87. The molecule has 1 atom stereocenters. The van der Waals surface area contributed by atoms with Gasteiger partial charge in [-0.15, -0.1) is 5.10 Å². The first-order valence-corrected chi connectivity index (χ1v) is 4.67. The molecule has 0 aliphatic rings. The van der Waals surface area contributed by atoms with Crippen LogP contribution in [0.5, 0.6) is 0 Å². The van der Waals surface area contributed by atoms with Crippen molar-refractivity contribution in [2.75, 3.05) is 0 Å². The molecule has 1 rings (SSSR count). The van der Waals surface area contributed by atoms with E-state index in [2.05, 4.69) is 24.2 Å². The van der Waals surface area contributed by atoms with Crippen LogP contribution in [0.2, 0.25) is 0 Å². The Balaban J connectivity index is 2.57. The van der Waals surface area contributed by atoms with E-state index in [1.54, 1.807) is 4.68 Å². The third-order valence-electron chi connectivity index (χ3n) is 2.06. The van der Waals surface area contributed by atoms with E-state index in [9.17, 15) is 0 Å². The molecule has 2 N–H and O–H groups in total. The quantitative estimate of drug-likeness (QED) is 0.752. The van der Waals surface area contributed by atoms with Crippen LogP contribution < -0.4 is 5.73 Å². The van der Waals surface area contributed by atoms with Gasteiger partial charge in [-0.05, 0) is 13.3 Å². The fraction of sp³-hybridized carbons (Fsp3) is 0.778. The molecule has 74 valence electrons. The molecule has 1 heterocycles. The number of nitrogens with zero attached hydrogens (tertiary/aromatic N) is 3. The van der Waals surface area contributed by atoms with E-state index in [1.165, 1.54) is 0 Å². The highest BCUT2D eigenvalue weighted by Crippen LogP contribution is 2.13. The molecule has 4 nitrogen and oxygen atoms in total. The van der Waals surface area contributed by atoms with Gasteiger partial charge in [-0.3, -0.25) is 4.68 Å². The second-order valence-electron chi connectivity index (χ2n) is 3.96. The lowest BCUT2D eigenvalue weighted by Crippen LogP contribution is -2.38. The number of aryl methyl sites for hydroxylation is 1. The maximum atomic E-state index is 6.09. The van der Waals surface area contributed by atoms with Gasteiger partial charge in [0.1, 0.15) is 0 Å². The van der Waals surface area contributed by atoms with Gasteiger partial charge in [0, 0.05) is 25.2 Å². The predicted octanol–water partition coefficient (Wildman–Crippen LogP) is 0.875. The van der Waals surface area contributed by atoms with E-state index in [-0.39, 0.29) is 5.54 Å². The Bertz CT molecular complexity index is 264. The lowest BCUT2D eigenvalue weighted by atomic mass is 9.92. The Morgan fingerprint density at radius 2 is 2.31 bits per heavy atom. The van der Waals surface area contributed by atoms with Crippen LogP contribution >= 0.6 is 0 Å². The average Bonchev–Trinajstić information content (AvgIpc) is 2.34. The van der Waals surface area contributed by atoms with Gasteiger partial charge in [0.15, 0.2) is 0 Å². The number of nitrogens with two attached hydrogens (primary N) is 1. The highest BCUT2D eigenvalue weighted by molar-refractivity contribution is 4.99. The highest BCUT2D eigenvalue weighted by Gasteiger charge is 2.19. The van der Waals surface area contributed by atoms with Crippen LogP contribution in [0.4, 0.5) is 0 Å². The van der Waals surface area contributed by atoms with Crippen molar-refractivity contribution in [3.63, 3.8) is 0 Å². The van der Waals surface area contributed by atoms with Crippen LogP contribution in [0.1, 0.15) is 32.4 Å². The van der Waals surface area contributed by atoms with Crippen LogP contribution in [0, 0.1) is 0 Å². The summed E-state index contributed by atoms with van der Waals surface area (Å²) in [6.07, 6.45) is 4.84. The molecule has 0 spiro atoms. The normalized spacial score (nSPS) is 15.7. The van der Waals surface area contributed by atoms with E-state index in [0.717, 1.165) is 25.0 Å². The van der Waals surface area contributed by atoms with Crippen molar-refractivity contribution in [2.45, 2.75) is 38.6 Å². The second-order valence-corrected chi connectivity index (χ2v) is 3.96. The van der Waals surface area contributed by atoms with Gasteiger partial charge >= 0.3 is 0 Å². The van der Waals surface area contributed by atoms with Crippen LogP contribution in [-0.2, 0) is 13.5 Å². The van der Waals surface area contributed by atoms with Crippen molar-refractivity contribution in [1.82, 2.24) is 15.0 Å². The van der Waals surface area contributed by atoms with E-state index in [0.29, 0.717) is 0 Å². The van der Waals surface area contributed by atoms with E-state index in [4.69, 9.17) is 5.73 Å². The maximum absolute atomic E-state index is 6.09. The lowest BCUT2D eigenvalue weighted by Gasteiger charge is -2.22. The summed E-state index contributed by atoms with van der Waals surface area (Å²) in [5.41, 5.74) is 6.92. The number of rotatable bonds is 4. The zero-order valence-electron chi connectivity index (χ0n) is 8.62. The molecule has 0 aromatic carbocycles. The average molecular weight is 182 g/mol. The topological polar surface area (TPSA) is 56.7 Å². The lowest BCUT2D eigenvalue weighted by molar-refractivity contribution is 0.420. The minimum absolute atomic E-state index is 0.148. The monoisotopic (exact) mass is 182 g/mol. The van der Waals surface area contributed by atoms with E-state index < -0.39 is 0 Å². The summed E-state index contributed by atoms with van der Waals surface area (Å²) in [6.45, 7) is 4.20. The first-order valence-electron chi connectivity index (χ1n) is 4.67. The molecular weight excluding hydrogens is 164 g/mol. The molecule has 0 aliphatic heterocycles. The Morgan fingerprint density at radius 3 is 2.77 bits per heavy atom. The van der Waals surface area contributed by atoms with Crippen molar-refractivity contribution in [2.24, 2.45) is 12.8 Å². The van der Waals surface area contributed by atoms with Gasteiger partial charge in [0.05, 0.1) is 5.69 Å². The molecule has 0 radical (unpaired) electrons. The van der Waals surface area contributed by atoms with Gasteiger partial charge in [0.25, 0.3) is 0 Å². The summed E-state index contributed by atoms with van der Waals surface area (Å²) >= 11 is 0. The standard InChI is InChI=1S/C9H18N4/c1-4-5-9(2,10)6-8-7-13(3)12-11-8/h7H,4-6,10H2,1-3H3. The summed E-state index contributed by atoms with van der Waals surface area (Å²) in [5, 5.41) is 7.89. The van der Waals surface area contributed by atoms with E-state index in [1.807, 2.05) is 13.2 Å². The predicted molar refractivity (Wildman–Crippen MR) is 52.2 cm³/mol. The van der Waals surface area contributed by atoms with Gasteiger partial charge < -0.3 is 5.73 Å². The molecule has 13 heavy (non-hydrogen) atoms. The van der Waals surface area contributed by atoms with Gasteiger partial charge in [0.2, 0.25) is 0 Å². The van der Waals surface area contributed by atoms with Crippen molar-refractivity contribution in [3.05, 3.63) is 11.9 Å². The maximum Gasteiger partial charge on any atom is 0.0845 e. The Hall–Kier alpha value is -0.900. The minimum Gasteiger partial charge on any atom is -0.325 e. The number of hydrogen-bond donors (Lipinski definition) is 1. The molecule has 4 heteroatoms. The van der Waals surface area contributed by atoms with E-state index >= 15 is 0 Å². The van der Waals surface area contributed by atoms with Crippen molar-refractivity contribution in [3.8, 4) is 0 Å². The third-order valence-corrected chi connectivity index (χ3v) is 2.06. The molecule has 1 aromatic heterocycles. The molecule has 0 saturated carbocycles. The SMILES string of the molecule is CCCC(C)(N)Cc1cn(C)nn1. The van der Waals surface area contributed by atoms with Crippen LogP contribution in [-0.4, -0.2) is 20.5 Å². The molecule has 0 amide bonds. The van der Waals surface area contributed by atoms with Gasteiger partial charge in [-0.2, -0.15) is 0 Å². The first-order chi connectivity index (χ1) is 6.03. The van der Waals surface area contributed by atoms with Crippen molar-refractivity contribution >= 4 is 0 Å². The number of aromatic nitrogens is 3. The third kappa shape index (κ3) is 3.14. The van der Waals surface area contributed by atoms with Gasteiger partial charge in [-0.1, -0.05) is 18.6 Å². The fourth-order valence-electron chi connectivity index (χ4n) is 1.55. The molecule has 0 bridgehead atoms. The molecule has 0 saturated heterocycles. The van der Waals surface area contributed by atoms with Crippen LogP contribution in [0.15, 0.2) is 6.20 Å². The zero-order chi connectivity index (χ0) is 9.90. The molecule has 1 aromatic rings. The summed E-state index contributed by atoms with van der Waals surface area (Å²) in [6, 6.07) is 0. The molecule has 0 aliphatic carbocycles. The smallest absolute Gasteiger partial charge is 0.0845 e. The molecular formula is C9H18N4. The molecule has 0 fully saturated rings. The first kappa shape index (κ1) is 10.2. The van der Waals surface area contributed by atoms with Crippen molar-refractivity contribution in [1.29, 1.82) is 0 Å². The largest absolute Gasteiger partial charge is 0.325 e. The van der Waals surface area contributed by atoms with Crippen molar-refractivity contribution < 1.29 is 0 Å². The minimum atomic E-state index is -0.148. The summed E-state index contributed by atoms with van der Waals surface area (Å²) in [5.74, 6) is 0.